The smallest absolute Gasteiger partial charge is 0.251 e. The van der Waals surface area contributed by atoms with Crippen LogP contribution in [0.1, 0.15) is 46.7 Å². The van der Waals surface area contributed by atoms with Crippen molar-refractivity contribution in [3.63, 3.8) is 0 Å². The van der Waals surface area contributed by atoms with Crippen LogP contribution in [0, 0.1) is 0 Å². The van der Waals surface area contributed by atoms with E-state index in [1.165, 1.54) is 0 Å². The van der Waals surface area contributed by atoms with Crippen LogP contribution in [-0.4, -0.2) is 49.4 Å². The van der Waals surface area contributed by atoms with Crippen molar-refractivity contribution in [2.75, 3.05) is 26.2 Å². The van der Waals surface area contributed by atoms with Crippen molar-refractivity contribution >= 4 is 29.3 Å². The Bertz CT molecular complexity index is 1290. The lowest BCUT2D eigenvalue weighted by Crippen LogP contribution is -2.63. The van der Waals surface area contributed by atoms with Crippen LogP contribution in [0.25, 0.3) is 11.1 Å². The summed E-state index contributed by atoms with van der Waals surface area (Å²) in [5.41, 5.74) is 4.12. The summed E-state index contributed by atoms with van der Waals surface area (Å²) in [4.78, 5) is 39.1. The van der Waals surface area contributed by atoms with E-state index in [0.717, 1.165) is 22.3 Å². The van der Waals surface area contributed by atoms with E-state index in [2.05, 4.69) is 45.5 Å². The standard InChI is InChI=1S/C30H31ClN4O3/c31-21-11-9-20(10-12-21)28(37)33-17-18-34-29(38)30(13-15-32-16-14-30)35-27(36)19-26-24-7-3-1-5-22(24)23-6-2-4-8-25(23)26/h1-12,26,32H,13-19H2,(H,33,37)(H,34,38)(H,35,36). The first kappa shape index (κ1) is 25.9. The molecule has 1 saturated heterocycles. The molecule has 0 aromatic heterocycles. The summed E-state index contributed by atoms with van der Waals surface area (Å²) < 4.78 is 0. The first-order chi connectivity index (χ1) is 18.5. The molecule has 196 valence electrons. The van der Waals surface area contributed by atoms with E-state index in [0.29, 0.717) is 36.5 Å². The summed E-state index contributed by atoms with van der Waals surface area (Å²) in [6.45, 7) is 1.80. The van der Waals surface area contributed by atoms with E-state index in [4.69, 9.17) is 11.6 Å². The van der Waals surface area contributed by atoms with Crippen LogP contribution in [0.3, 0.4) is 0 Å². The molecule has 1 heterocycles. The van der Waals surface area contributed by atoms with Crippen molar-refractivity contribution in [2.45, 2.75) is 30.7 Å². The highest BCUT2D eigenvalue weighted by molar-refractivity contribution is 6.30. The zero-order chi connectivity index (χ0) is 26.5. The summed E-state index contributed by atoms with van der Waals surface area (Å²) in [6.07, 6.45) is 1.27. The molecule has 3 aromatic carbocycles. The van der Waals surface area contributed by atoms with E-state index in [1.54, 1.807) is 24.3 Å². The lowest BCUT2D eigenvalue weighted by molar-refractivity contribution is -0.134. The molecular weight excluding hydrogens is 500 g/mol. The van der Waals surface area contributed by atoms with Crippen molar-refractivity contribution in [1.29, 1.82) is 0 Å². The predicted molar refractivity (Wildman–Crippen MR) is 148 cm³/mol. The second kappa shape index (κ2) is 11.4. The summed E-state index contributed by atoms with van der Waals surface area (Å²) in [6, 6.07) is 23.0. The molecule has 0 bridgehead atoms. The summed E-state index contributed by atoms with van der Waals surface area (Å²) in [5.74, 6) is -0.653. The number of halogens is 1. The van der Waals surface area contributed by atoms with Crippen molar-refractivity contribution in [1.82, 2.24) is 21.3 Å². The minimum absolute atomic E-state index is 0.0488. The van der Waals surface area contributed by atoms with Crippen LogP contribution in [0.5, 0.6) is 0 Å². The second-order valence-electron chi connectivity index (χ2n) is 9.83. The van der Waals surface area contributed by atoms with Crippen molar-refractivity contribution in [3.05, 3.63) is 94.5 Å². The van der Waals surface area contributed by atoms with Gasteiger partial charge < -0.3 is 21.3 Å². The highest BCUT2D eigenvalue weighted by atomic mass is 35.5. The number of nitrogens with one attached hydrogen (secondary N) is 4. The Morgan fingerprint density at radius 3 is 2.03 bits per heavy atom. The van der Waals surface area contributed by atoms with Crippen molar-refractivity contribution < 1.29 is 14.4 Å². The van der Waals surface area contributed by atoms with Gasteiger partial charge in [-0.15, -0.1) is 0 Å². The van der Waals surface area contributed by atoms with Crippen LogP contribution < -0.4 is 21.3 Å². The highest BCUT2D eigenvalue weighted by Gasteiger charge is 2.41. The van der Waals surface area contributed by atoms with Crippen LogP contribution in [0.15, 0.2) is 72.8 Å². The fraction of sp³-hybridized carbons (Fsp3) is 0.300. The highest BCUT2D eigenvalue weighted by Crippen LogP contribution is 2.46. The number of rotatable bonds is 8. The fourth-order valence-corrected chi connectivity index (χ4v) is 5.60. The normalized spacial score (nSPS) is 15.7. The van der Waals surface area contributed by atoms with Crippen LogP contribution in [0.4, 0.5) is 0 Å². The molecule has 8 heteroatoms. The van der Waals surface area contributed by atoms with Crippen LogP contribution >= 0.6 is 11.6 Å². The Labute approximate surface area is 227 Å². The molecule has 1 aliphatic carbocycles. The minimum Gasteiger partial charge on any atom is -0.352 e. The Kier molecular flexibility index (Phi) is 7.77. The molecule has 2 aliphatic rings. The topological polar surface area (TPSA) is 99.3 Å². The van der Waals surface area contributed by atoms with Gasteiger partial charge in [-0.3, -0.25) is 14.4 Å². The van der Waals surface area contributed by atoms with Gasteiger partial charge in [0.25, 0.3) is 5.91 Å². The third-order valence-electron chi connectivity index (χ3n) is 7.43. The Morgan fingerprint density at radius 1 is 0.816 bits per heavy atom. The SMILES string of the molecule is O=C(CC1c2ccccc2-c2ccccc21)NC1(C(=O)NCCNC(=O)c2ccc(Cl)cc2)CCNCC1. The van der Waals surface area contributed by atoms with Gasteiger partial charge in [0.2, 0.25) is 11.8 Å². The molecule has 0 spiro atoms. The molecule has 38 heavy (non-hydrogen) atoms. The maximum absolute atomic E-state index is 13.4. The second-order valence-corrected chi connectivity index (χ2v) is 10.3. The number of carbonyl (C=O) groups excluding carboxylic acids is 3. The number of benzene rings is 3. The maximum atomic E-state index is 13.4. The Morgan fingerprint density at radius 2 is 1.39 bits per heavy atom. The van der Waals surface area contributed by atoms with Gasteiger partial charge in [-0.05, 0) is 72.5 Å². The Hall–Kier alpha value is -3.68. The monoisotopic (exact) mass is 530 g/mol. The van der Waals surface area contributed by atoms with Crippen LogP contribution in [0.2, 0.25) is 5.02 Å². The van der Waals surface area contributed by atoms with Crippen molar-refractivity contribution in [2.24, 2.45) is 0 Å². The first-order valence-electron chi connectivity index (χ1n) is 13.0. The van der Waals surface area contributed by atoms with E-state index in [-0.39, 0.29) is 43.1 Å². The lowest BCUT2D eigenvalue weighted by atomic mass is 9.86. The van der Waals surface area contributed by atoms with Gasteiger partial charge in [-0.1, -0.05) is 60.1 Å². The average Bonchev–Trinajstić information content (AvgIpc) is 3.25. The number of fused-ring (bicyclic) bond motifs is 3. The molecule has 7 nitrogen and oxygen atoms in total. The molecule has 3 amide bonds. The predicted octanol–water partition coefficient (Wildman–Crippen LogP) is 3.63. The molecular formula is C30H31ClN4O3. The van der Waals surface area contributed by atoms with Gasteiger partial charge in [0.1, 0.15) is 5.54 Å². The third kappa shape index (κ3) is 5.44. The largest absolute Gasteiger partial charge is 0.352 e. The van der Waals surface area contributed by atoms with Gasteiger partial charge in [-0.2, -0.15) is 0 Å². The average molecular weight is 531 g/mol. The number of hydrogen-bond acceptors (Lipinski definition) is 4. The zero-order valence-corrected chi connectivity index (χ0v) is 21.8. The molecule has 5 rings (SSSR count). The lowest BCUT2D eigenvalue weighted by Gasteiger charge is -2.37. The maximum Gasteiger partial charge on any atom is 0.251 e. The first-order valence-corrected chi connectivity index (χ1v) is 13.4. The van der Waals surface area contributed by atoms with Gasteiger partial charge in [-0.25, -0.2) is 0 Å². The zero-order valence-electron chi connectivity index (χ0n) is 21.1. The number of piperidine rings is 1. The van der Waals surface area contributed by atoms with Gasteiger partial charge in [0.05, 0.1) is 0 Å². The van der Waals surface area contributed by atoms with E-state index in [9.17, 15) is 14.4 Å². The summed E-state index contributed by atoms with van der Waals surface area (Å²) >= 11 is 5.88. The van der Waals surface area contributed by atoms with E-state index in [1.807, 2.05) is 24.3 Å². The molecule has 1 aliphatic heterocycles. The molecule has 0 atom stereocenters. The van der Waals surface area contributed by atoms with Gasteiger partial charge in [0.15, 0.2) is 0 Å². The molecule has 0 unspecified atom stereocenters. The van der Waals surface area contributed by atoms with Gasteiger partial charge in [0, 0.05) is 36.0 Å². The number of hydrogen-bond donors (Lipinski definition) is 4. The molecule has 3 aromatic rings. The van der Waals surface area contributed by atoms with E-state index >= 15 is 0 Å². The van der Waals surface area contributed by atoms with Gasteiger partial charge >= 0.3 is 0 Å². The number of amides is 3. The molecule has 1 fully saturated rings. The summed E-state index contributed by atoms with van der Waals surface area (Å²) in [7, 11) is 0. The quantitative estimate of drug-likeness (QED) is 0.334. The molecule has 0 radical (unpaired) electrons. The van der Waals surface area contributed by atoms with E-state index < -0.39 is 5.54 Å². The number of carbonyl (C=O) groups is 3. The Balaban J connectivity index is 1.21. The third-order valence-corrected chi connectivity index (χ3v) is 7.68. The minimum atomic E-state index is -0.986. The van der Waals surface area contributed by atoms with Crippen LogP contribution in [-0.2, 0) is 9.59 Å². The summed E-state index contributed by atoms with van der Waals surface area (Å²) in [5, 5.41) is 12.7. The fourth-order valence-electron chi connectivity index (χ4n) is 5.47. The van der Waals surface area contributed by atoms with Crippen molar-refractivity contribution in [3.8, 4) is 11.1 Å². The molecule has 4 N–H and O–H groups in total. The molecule has 0 saturated carbocycles.